The SMILES string of the molecule is c1ccc(-c2ccc3c(c2)c2cc(-c4ccccc4)ccc2n3-c2ccc(-c3cncc(-c4ccc(-c5cc(-n6c7ccccc7c7ccccc76)cc(-n6c7ccccc7c7ccccc76)c5)cc4)c3)cc2)cc1. The third-order valence-electron chi connectivity index (χ3n) is 15.3. The maximum atomic E-state index is 4.81. The second kappa shape index (κ2) is 17.3. The number of fused-ring (bicyclic) bond motifs is 9. The molecular weight excluding hydrogens is 909 g/mol. The predicted molar refractivity (Wildman–Crippen MR) is 314 cm³/mol. The largest absolute Gasteiger partial charge is 0.309 e. The van der Waals surface area contributed by atoms with Crippen molar-refractivity contribution in [2.24, 2.45) is 0 Å². The van der Waals surface area contributed by atoms with E-state index in [9.17, 15) is 0 Å². The molecule has 0 atom stereocenters. The Bertz CT molecular complexity index is 4340. The van der Waals surface area contributed by atoms with Gasteiger partial charge < -0.3 is 13.7 Å². The van der Waals surface area contributed by atoms with Gasteiger partial charge in [-0.25, -0.2) is 0 Å². The van der Waals surface area contributed by atoms with E-state index in [4.69, 9.17) is 4.98 Å². The van der Waals surface area contributed by atoms with E-state index in [1.807, 2.05) is 12.4 Å². The first kappa shape index (κ1) is 42.6. The van der Waals surface area contributed by atoms with E-state index in [0.29, 0.717) is 0 Å². The Morgan fingerprint density at radius 3 is 0.933 bits per heavy atom. The smallest absolute Gasteiger partial charge is 0.0541 e. The van der Waals surface area contributed by atoms with E-state index in [0.717, 1.165) is 50.4 Å². The minimum absolute atomic E-state index is 1.07. The number of para-hydroxylation sites is 4. The molecule has 350 valence electrons. The lowest BCUT2D eigenvalue weighted by Gasteiger charge is -2.16. The van der Waals surface area contributed by atoms with Crippen LogP contribution in [-0.4, -0.2) is 18.7 Å². The summed E-state index contributed by atoms with van der Waals surface area (Å²) in [5.74, 6) is 0. The molecule has 0 fully saturated rings. The highest BCUT2D eigenvalue weighted by Crippen LogP contribution is 2.41. The van der Waals surface area contributed by atoms with Gasteiger partial charge in [0.15, 0.2) is 0 Å². The van der Waals surface area contributed by atoms with Gasteiger partial charge in [-0.2, -0.15) is 0 Å². The van der Waals surface area contributed by atoms with Crippen LogP contribution in [0.5, 0.6) is 0 Å². The lowest BCUT2D eigenvalue weighted by atomic mass is 9.98. The lowest BCUT2D eigenvalue weighted by Crippen LogP contribution is -2.00. The number of aromatic nitrogens is 4. The average molecular weight is 955 g/mol. The zero-order valence-corrected chi connectivity index (χ0v) is 40.8. The lowest BCUT2D eigenvalue weighted by molar-refractivity contribution is 1.13. The van der Waals surface area contributed by atoms with Gasteiger partial charge in [-0.05, 0) is 129 Å². The Balaban J connectivity index is 0.797. The molecule has 4 aromatic heterocycles. The molecule has 15 rings (SSSR count). The van der Waals surface area contributed by atoms with Crippen LogP contribution in [0.25, 0.3) is 138 Å². The minimum atomic E-state index is 1.07. The van der Waals surface area contributed by atoms with Crippen molar-refractivity contribution in [2.75, 3.05) is 0 Å². The predicted octanol–water partition coefficient (Wildman–Crippen LogP) is 18.7. The molecule has 0 bridgehead atoms. The minimum Gasteiger partial charge on any atom is -0.309 e. The van der Waals surface area contributed by atoms with Crippen molar-refractivity contribution in [3.8, 4) is 72.7 Å². The standard InChI is InChI=1S/C71H46N4/c1-3-15-47(16-4-1)52-33-37-70-64(42-52)65-43-53(48-17-5-2-6-18-48)34-38-71(65)73(70)57-35-31-51(32-36-57)56-39-55(45-72-46-56)50-29-27-49(28-30-50)54-40-58(74-66-23-11-7-19-60(66)61-20-8-12-24-67(61)74)44-59(41-54)75-68-25-13-9-21-62(68)63-22-10-14-26-69(63)75/h1-46H. The molecule has 11 aromatic carbocycles. The van der Waals surface area contributed by atoms with Gasteiger partial charge in [-0.1, -0.05) is 182 Å². The summed E-state index contributed by atoms with van der Waals surface area (Å²) < 4.78 is 7.25. The molecule has 4 nitrogen and oxygen atoms in total. The number of benzene rings is 11. The molecule has 0 N–H and O–H groups in total. The van der Waals surface area contributed by atoms with Crippen molar-refractivity contribution in [1.29, 1.82) is 0 Å². The van der Waals surface area contributed by atoms with Crippen LogP contribution >= 0.6 is 0 Å². The highest BCUT2D eigenvalue weighted by Gasteiger charge is 2.19. The maximum Gasteiger partial charge on any atom is 0.0541 e. The molecule has 0 spiro atoms. The van der Waals surface area contributed by atoms with Crippen LogP contribution < -0.4 is 0 Å². The monoisotopic (exact) mass is 954 g/mol. The molecule has 0 aliphatic rings. The van der Waals surface area contributed by atoms with E-state index in [-0.39, 0.29) is 0 Å². The summed E-state index contributed by atoms with van der Waals surface area (Å²) in [6.07, 6.45) is 3.95. The Morgan fingerprint density at radius 1 is 0.187 bits per heavy atom. The first-order valence-electron chi connectivity index (χ1n) is 25.7. The Morgan fingerprint density at radius 2 is 0.507 bits per heavy atom. The normalized spacial score (nSPS) is 11.7. The van der Waals surface area contributed by atoms with Crippen molar-refractivity contribution >= 4 is 65.4 Å². The molecule has 0 amide bonds. The molecule has 0 saturated heterocycles. The number of nitrogens with zero attached hydrogens (tertiary/aromatic N) is 4. The third kappa shape index (κ3) is 7.10. The summed E-state index contributed by atoms with van der Waals surface area (Å²) in [4.78, 5) is 4.81. The van der Waals surface area contributed by atoms with Gasteiger partial charge in [0.25, 0.3) is 0 Å². The Labute approximate surface area is 433 Å². The van der Waals surface area contributed by atoms with Gasteiger partial charge in [0.1, 0.15) is 0 Å². The third-order valence-corrected chi connectivity index (χ3v) is 15.3. The van der Waals surface area contributed by atoms with Crippen LogP contribution in [0.1, 0.15) is 0 Å². The van der Waals surface area contributed by atoms with Crippen LogP contribution in [0.15, 0.2) is 279 Å². The fourth-order valence-electron chi connectivity index (χ4n) is 11.8. The van der Waals surface area contributed by atoms with Crippen LogP contribution in [0.3, 0.4) is 0 Å². The van der Waals surface area contributed by atoms with Gasteiger partial charge in [0.05, 0.1) is 33.1 Å². The van der Waals surface area contributed by atoms with Crippen molar-refractivity contribution < 1.29 is 0 Å². The van der Waals surface area contributed by atoms with Crippen LogP contribution in [0.4, 0.5) is 0 Å². The zero-order chi connectivity index (χ0) is 49.4. The van der Waals surface area contributed by atoms with Crippen molar-refractivity contribution in [3.05, 3.63) is 279 Å². The van der Waals surface area contributed by atoms with E-state index in [1.165, 1.54) is 87.7 Å². The van der Waals surface area contributed by atoms with Gasteiger partial charge in [0, 0.05) is 72.9 Å². The topological polar surface area (TPSA) is 27.7 Å². The molecule has 0 unspecified atom stereocenters. The van der Waals surface area contributed by atoms with Crippen molar-refractivity contribution in [3.63, 3.8) is 0 Å². The summed E-state index contributed by atoms with van der Waals surface area (Å²) in [6, 6.07) is 97.3. The Kier molecular flexibility index (Phi) is 9.85. The molecule has 4 heteroatoms. The molecule has 15 aromatic rings. The molecule has 75 heavy (non-hydrogen) atoms. The van der Waals surface area contributed by atoms with Crippen molar-refractivity contribution in [2.45, 2.75) is 0 Å². The Hall–Kier alpha value is -10.0. The quantitative estimate of drug-likeness (QED) is 0.149. The van der Waals surface area contributed by atoms with Crippen LogP contribution in [-0.2, 0) is 0 Å². The average Bonchev–Trinajstić information content (AvgIpc) is 4.18. The van der Waals surface area contributed by atoms with Crippen LogP contribution in [0, 0.1) is 0 Å². The van der Waals surface area contributed by atoms with Gasteiger partial charge >= 0.3 is 0 Å². The summed E-state index contributed by atoms with van der Waals surface area (Å²) in [5.41, 5.74) is 21.9. The van der Waals surface area contributed by atoms with E-state index >= 15 is 0 Å². The number of hydrogen-bond donors (Lipinski definition) is 0. The fourth-order valence-corrected chi connectivity index (χ4v) is 11.8. The molecule has 0 radical (unpaired) electrons. The number of rotatable bonds is 8. The molecule has 0 aliphatic carbocycles. The summed E-state index contributed by atoms with van der Waals surface area (Å²) >= 11 is 0. The number of pyridine rings is 1. The highest BCUT2D eigenvalue weighted by molar-refractivity contribution is 6.13. The second-order valence-electron chi connectivity index (χ2n) is 19.6. The highest BCUT2D eigenvalue weighted by atomic mass is 15.0. The molecule has 0 aliphatic heterocycles. The van der Waals surface area contributed by atoms with E-state index < -0.39 is 0 Å². The summed E-state index contributed by atoms with van der Waals surface area (Å²) in [5, 5.41) is 7.43. The summed E-state index contributed by atoms with van der Waals surface area (Å²) in [6.45, 7) is 0. The summed E-state index contributed by atoms with van der Waals surface area (Å²) in [7, 11) is 0. The molecule has 0 saturated carbocycles. The number of hydrogen-bond acceptors (Lipinski definition) is 1. The first-order valence-corrected chi connectivity index (χ1v) is 25.7. The molecule has 4 heterocycles. The van der Waals surface area contributed by atoms with E-state index in [2.05, 4.69) is 281 Å². The first-order chi connectivity index (χ1) is 37.2. The van der Waals surface area contributed by atoms with Gasteiger partial charge in [-0.3, -0.25) is 4.98 Å². The van der Waals surface area contributed by atoms with Crippen molar-refractivity contribution in [1.82, 2.24) is 18.7 Å². The zero-order valence-electron chi connectivity index (χ0n) is 40.8. The maximum absolute atomic E-state index is 4.81. The fraction of sp³-hybridized carbons (Fsp3) is 0. The molecular formula is C71H46N4. The van der Waals surface area contributed by atoms with Crippen LogP contribution in [0.2, 0.25) is 0 Å². The van der Waals surface area contributed by atoms with E-state index in [1.54, 1.807) is 0 Å². The van der Waals surface area contributed by atoms with Gasteiger partial charge in [0.2, 0.25) is 0 Å². The van der Waals surface area contributed by atoms with Gasteiger partial charge in [-0.15, -0.1) is 0 Å². The second-order valence-corrected chi connectivity index (χ2v) is 19.6.